The molecule has 0 spiro atoms. The quantitative estimate of drug-likeness (QED) is 0.0927. The number of carbonyl (C=O) groups is 2. The van der Waals surface area contributed by atoms with Gasteiger partial charge in [-0.05, 0) is 67.4 Å². The van der Waals surface area contributed by atoms with Gasteiger partial charge in [0.2, 0.25) is 0 Å². The number of nitrogens with zero attached hydrogens (tertiary/aromatic N) is 1. The Kier molecular flexibility index (Phi) is 29.2. The van der Waals surface area contributed by atoms with E-state index in [9.17, 15) is 9.59 Å². The largest absolute Gasteiger partial charge is 0.387 e. The van der Waals surface area contributed by atoms with E-state index in [-0.39, 0.29) is 5.91 Å². The molecule has 3 aromatic carbocycles. The van der Waals surface area contributed by atoms with Gasteiger partial charge in [-0.1, -0.05) is 107 Å². The highest BCUT2D eigenvalue weighted by molar-refractivity contribution is 8.00. The Balaban J connectivity index is 0. The molecule has 3 aromatic rings. The number of ether oxygens (including phenoxy) is 1. The number of hydrogen-bond donors (Lipinski definition) is 3. The fourth-order valence-corrected chi connectivity index (χ4v) is 4.40. The van der Waals surface area contributed by atoms with Crippen molar-refractivity contribution in [3.8, 4) is 0 Å². The van der Waals surface area contributed by atoms with Crippen molar-refractivity contribution in [3.05, 3.63) is 138 Å². The second kappa shape index (κ2) is 30.4. The van der Waals surface area contributed by atoms with E-state index in [4.69, 9.17) is 27.9 Å². The summed E-state index contributed by atoms with van der Waals surface area (Å²) in [6.07, 6.45) is 5.88. The van der Waals surface area contributed by atoms with Crippen LogP contribution in [0.15, 0.2) is 121 Å². The molecule has 1 aliphatic rings. The van der Waals surface area contributed by atoms with Crippen LogP contribution in [0.3, 0.4) is 0 Å². The van der Waals surface area contributed by atoms with E-state index in [1.807, 2.05) is 77.1 Å². The van der Waals surface area contributed by atoms with Crippen molar-refractivity contribution in [2.45, 2.75) is 34.6 Å². The van der Waals surface area contributed by atoms with Gasteiger partial charge in [0.15, 0.2) is 0 Å². The van der Waals surface area contributed by atoms with Crippen LogP contribution in [-0.2, 0) is 4.74 Å². The molecule has 48 heavy (non-hydrogen) atoms. The number of amides is 1. The zero-order valence-corrected chi connectivity index (χ0v) is 31.6. The number of aldehydes is 1. The predicted octanol–water partition coefficient (Wildman–Crippen LogP) is 10.8. The van der Waals surface area contributed by atoms with Crippen LogP contribution >= 0.6 is 35.1 Å². The summed E-state index contributed by atoms with van der Waals surface area (Å²) in [7, 11) is 3.55. The van der Waals surface area contributed by atoms with Crippen molar-refractivity contribution in [2.75, 3.05) is 48.1 Å². The Bertz CT molecular complexity index is 1360. The van der Waals surface area contributed by atoms with Gasteiger partial charge in [-0.15, -0.1) is 6.58 Å². The van der Waals surface area contributed by atoms with Gasteiger partial charge in [0.1, 0.15) is 12.2 Å². The second-order valence-electron chi connectivity index (χ2n) is 8.62. The summed E-state index contributed by atoms with van der Waals surface area (Å²) in [5.74, 6) is 0.507. The van der Waals surface area contributed by atoms with Crippen LogP contribution < -0.4 is 20.3 Å². The van der Waals surface area contributed by atoms with Gasteiger partial charge in [-0.3, -0.25) is 9.59 Å². The fourth-order valence-electron chi connectivity index (χ4n) is 3.21. The summed E-state index contributed by atoms with van der Waals surface area (Å²) in [6.45, 7) is 21.9. The van der Waals surface area contributed by atoms with Crippen LogP contribution in [-0.4, -0.2) is 45.4 Å². The number of rotatable bonds is 8. The van der Waals surface area contributed by atoms with Gasteiger partial charge in [0.25, 0.3) is 5.91 Å². The molecule has 1 aliphatic heterocycles. The maximum Gasteiger partial charge on any atom is 0.255 e. The minimum Gasteiger partial charge on any atom is -0.387 e. The number of benzene rings is 3. The average molecular weight is 716 g/mol. The fraction of sp³-hybridized carbons (Fsp3) is 0.263. The van der Waals surface area contributed by atoms with E-state index in [1.165, 1.54) is 0 Å². The van der Waals surface area contributed by atoms with E-state index in [0.29, 0.717) is 32.9 Å². The molecule has 0 saturated carbocycles. The Morgan fingerprint density at radius 3 is 2.04 bits per heavy atom. The summed E-state index contributed by atoms with van der Waals surface area (Å²) >= 11 is 13.3. The van der Waals surface area contributed by atoms with Crippen LogP contribution in [0.1, 0.15) is 55.3 Å². The lowest BCUT2D eigenvalue weighted by atomic mass is 10.2. The third kappa shape index (κ3) is 19.7. The molecule has 10 heteroatoms. The first-order valence-electron chi connectivity index (χ1n) is 15.5. The Hall–Kier alpha value is -3.95. The average Bonchev–Trinajstić information content (AvgIpc) is 3.15. The molecule has 0 radical (unpaired) electrons. The molecule has 0 atom stereocenters. The molecule has 1 fully saturated rings. The molecule has 0 unspecified atom stereocenters. The lowest BCUT2D eigenvalue weighted by Crippen LogP contribution is -2.26. The highest BCUT2D eigenvalue weighted by atomic mass is 35.5. The molecular weight excluding hydrogens is 663 g/mol. The van der Waals surface area contributed by atoms with Gasteiger partial charge in [0.05, 0.1) is 28.9 Å². The first-order valence-corrected chi connectivity index (χ1v) is 17.2. The summed E-state index contributed by atoms with van der Waals surface area (Å²) in [4.78, 5) is 22.4. The molecule has 4 rings (SSSR count). The van der Waals surface area contributed by atoms with Gasteiger partial charge in [0, 0.05) is 42.3 Å². The first-order chi connectivity index (χ1) is 23.2. The maximum atomic E-state index is 12.4. The first kappa shape index (κ1) is 46.2. The van der Waals surface area contributed by atoms with Crippen LogP contribution in [0.2, 0.25) is 5.02 Å². The zero-order chi connectivity index (χ0) is 36.7. The van der Waals surface area contributed by atoms with E-state index in [2.05, 4.69) is 40.0 Å². The monoisotopic (exact) mass is 714 g/mol. The number of hydrogen-bond acceptors (Lipinski definition) is 7. The topological polar surface area (TPSA) is 82.7 Å². The van der Waals surface area contributed by atoms with Crippen LogP contribution in [0, 0.1) is 0 Å². The van der Waals surface area contributed by atoms with Crippen molar-refractivity contribution < 1.29 is 14.3 Å². The summed E-state index contributed by atoms with van der Waals surface area (Å²) < 4.78 is 7.49. The standard InChI is InChI=1S/C17H18ClN3O2S.C7H10ClN.C7H6O.C3H6.2C2H6/c1-19-16-10-13(4-7-15(16)18)20-17(22)12-2-5-14(6-3-12)21-8-9-23-11-24-21;1-4-5-7(8)6(2)9-3;8-6-7-4-2-1-3-5-7;1-3-2;2*1-2/h2-7,10,19H,8-9,11H2,1H3,(H,20,22);4-5,9H,1-2H2,3H3;1-6H;3H,1H2,2H3;2*1-2H3/b;7-5+;;;;. The number of carbonyl (C=O) groups excluding carboxylic acids is 2. The predicted molar refractivity (Wildman–Crippen MR) is 214 cm³/mol. The summed E-state index contributed by atoms with van der Waals surface area (Å²) in [6, 6.07) is 22.0. The van der Waals surface area contributed by atoms with Gasteiger partial charge in [-0.2, -0.15) is 0 Å². The third-order valence-electron chi connectivity index (χ3n) is 5.43. The second-order valence-corrected chi connectivity index (χ2v) is 10.4. The molecule has 3 N–H and O–H groups in total. The molecule has 0 aromatic heterocycles. The van der Waals surface area contributed by atoms with Crippen molar-refractivity contribution in [1.82, 2.24) is 5.32 Å². The molecule has 262 valence electrons. The van der Waals surface area contributed by atoms with Crippen molar-refractivity contribution in [1.29, 1.82) is 0 Å². The minimum atomic E-state index is -0.152. The Morgan fingerprint density at radius 2 is 1.58 bits per heavy atom. The molecule has 7 nitrogen and oxygen atoms in total. The van der Waals surface area contributed by atoms with Crippen LogP contribution in [0.4, 0.5) is 17.1 Å². The molecular formula is C38H52Cl2N4O3S. The molecule has 1 amide bonds. The van der Waals surface area contributed by atoms with E-state index in [0.717, 1.165) is 36.4 Å². The van der Waals surface area contributed by atoms with Gasteiger partial charge >= 0.3 is 0 Å². The number of halogens is 2. The highest BCUT2D eigenvalue weighted by Crippen LogP contribution is 2.27. The summed E-state index contributed by atoms with van der Waals surface area (Å²) in [5, 5.41) is 9.89. The summed E-state index contributed by atoms with van der Waals surface area (Å²) in [5.41, 5.74) is 4.58. The van der Waals surface area contributed by atoms with Gasteiger partial charge in [-0.25, -0.2) is 0 Å². The van der Waals surface area contributed by atoms with Crippen molar-refractivity contribution in [2.24, 2.45) is 0 Å². The number of allylic oxidation sites excluding steroid dienone is 4. The molecule has 0 aliphatic carbocycles. The Morgan fingerprint density at radius 1 is 0.979 bits per heavy atom. The minimum absolute atomic E-state index is 0.152. The van der Waals surface area contributed by atoms with E-state index >= 15 is 0 Å². The van der Waals surface area contributed by atoms with Gasteiger partial charge < -0.3 is 25.0 Å². The van der Waals surface area contributed by atoms with Crippen molar-refractivity contribution in [3.63, 3.8) is 0 Å². The SMILES string of the molecule is C=C/C=C(/Cl)C(=C)NC.C=CC.CC.CC.CNc1cc(NC(=O)c2ccc(N3CCOCS3)cc2)ccc1Cl.O=Cc1ccccc1. The third-order valence-corrected chi connectivity index (χ3v) is 7.09. The smallest absolute Gasteiger partial charge is 0.255 e. The van der Waals surface area contributed by atoms with E-state index in [1.54, 1.807) is 74.6 Å². The molecule has 1 saturated heterocycles. The zero-order valence-electron chi connectivity index (χ0n) is 29.3. The normalized spacial score (nSPS) is 11.1. The lowest BCUT2D eigenvalue weighted by molar-refractivity contribution is 0.102. The van der Waals surface area contributed by atoms with Crippen molar-refractivity contribution >= 4 is 64.4 Å². The molecule has 0 bridgehead atoms. The number of likely N-dealkylation sites (N-methyl/N-ethyl adjacent to an activating group) is 1. The number of nitrogens with one attached hydrogen (secondary N) is 3. The lowest BCUT2D eigenvalue weighted by Gasteiger charge is -2.27. The highest BCUT2D eigenvalue weighted by Gasteiger charge is 2.13. The van der Waals surface area contributed by atoms with Crippen LogP contribution in [0.25, 0.3) is 0 Å². The Labute approximate surface area is 303 Å². The maximum absolute atomic E-state index is 12.4. The van der Waals surface area contributed by atoms with E-state index < -0.39 is 0 Å². The van der Waals surface area contributed by atoms with Crippen LogP contribution in [0.5, 0.6) is 0 Å². The number of anilines is 3. The molecule has 1 heterocycles.